The van der Waals surface area contributed by atoms with Gasteiger partial charge in [-0.1, -0.05) is 149 Å². The van der Waals surface area contributed by atoms with Gasteiger partial charge in [0.2, 0.25) is 0 Å². The molecule has 0 aromatic carbocycles. The summed E-state index contributed by atoms with van der Waals surface area (Å²) < 4.78 is 0. The molecule has 0 nitrogen and oxygen atoms in total. The highest BCUT2D eigenvalue weighted by molar-refractivity contribution is 14.0. The van der Waals surface area contributed by atoms with Crippen LogP contribution in [0, 0.1) is 0 Å². The maximum Gasteiger partial charge on any atom is -0.0533 e. The van der Waals surface area contributed by atoms with Crippen molar-refractivity contribution in [2.24, 2.45) is 0 Å². The lowest BCUT2D eigenvalue weighted by Gasteiger charge is -2.04. The molecule has 0 aliphatic rings. The van der Waals surface area contributed by atoms with Crippen LogP contribution in [-0.4, -0.2) is 0 Å². The monoisotopic (exact) mass is 452 g/mol. The molecule has 0 N–H and O–H groups in total. The lowest BCUT2D eigenvalue weighted by molar-refractivity contribution is 0.521. The second-order valence-corrected chi connectivity index (χ2v) is 7.72. The number of rotatable bonds is 20. The van der Waals surface area contributed by atoms with E-state index >= 15 is 0 Å². The first-order chi connectivity index (χ1) is 11.4. The molecule has 0 heterocycles. The van der Waals surface area contributed by atoms with Crippen molar-refractivity contribution in [2.45, 2.75) is 149 Å². The maximum atomic E-state index is 2.30. The molecule has 0 spiro atoms. The van der Waals surface area contributed by atoms with E-state index in [1.165, 1.54) is 135 Å². The van der Waals surface area contributed by atoms with Crippen LogP contribution >= 0.6 is 24.0 Å². The summed E-state index contributed by atoms with van der Waals surface area (Å²) >= 11 is 0. The predicted molar refractivity (Wildman–Crippen MR) is 124 cm³/mol. The van der Waals surface area contributed by atoms with Gasteiger partial charge in [-0.25, -0.2) is 0 Å². The average molecular weight is 453 g/mol. The first kappa shape index (κ1) is 27.0. The van der Waals surface area contributed by atoms with E-state index in [1.54, 1.807) is 0 Å². The van der Waals surface area contributed by atoms with Gasteiger partial charge in [0.05, 0.1) is 0 Å². The van der Waals surface area contributed by atoms with Crippen LogP contribution in [0.4, 0.5) is 0 Å². The number of hydrogen-bond donors (Lipinski definition) is 0. The van der Waals surface area contributed by atoms with Crippen molar-refractivity contribution < 1.29 is 0 Å². The minimum atomic E-state index is 0. The van der Waals surface area contributed by atoms with Gasteiger partial charge in [-0.05, 0) is 0 Å². The molecule has 0 aromatic heterocycles. The molecule has 0 bridgehead atoms. The van der Waals surface area contributed by atoms with E-state index in [0.717, 1.165) is 0 Å². The molecule has 0 saturated carbocycles. The van der Waals surface area contributed by atoms with Gasteiger partial charge in [-0.3, -0.25) is 0 Å². The molecule has 1 heteroatoms. The quantitative estimate of drug-likeness (QED) is 0.127. The topological polar surface area (TPSA) is 0 Å². The second kappa shape index (κ2) is 26.0. The largest absolute Gasteiger partial charge is 0.107 e. The molecule has 0 aromatic rings. The molecule has 0 rings (SSSR count). The summed E-state index contributed by atoms with van der Waals surface area (Å²) in [6.07, 6.45) is 30.9. The van der Waals surface area contributed by atoms with Crippen molar-refractivity contribution in [2.75, 3.05) is 0 Å². The summed E-state index contributed by atoms with van der Waals surface area (Å²) in [5, 5.41) is 0. The van der Waals surface area contributed by atoms with Gasteiger partial charge in [0.15, 0.2) is 0 Å². The SMILES string of the molecule is CCCCCCCCCCCCCCCCCCCCCCC.I. The molecule has 148 valence electrons. The summed E-state index contributed by atoms with van der Waals surface area (Å²) in [5.74, 6) is 0. The van der Waals surface area contributed by atoms with Crippen LogP contribution in [-0.2, 0) is 0 Å². The predicted octanol–water partition coefficient (Wildman–Crippen LogP) is 9.84. The van der Waals surface area contributed by atoms with E-state index in [1.807, 2.05) is 0 Å². The summed E-state index contributed by atoms with van der Waals surface area (Å²) in [7, 11) is 0. The van der Waals surface area contributed by atoms with Gasteiger partial charge in [0, 0.05) is 0 Å². The fourth-order valence-corrected chi connectivity index (χ4v) is 3.51. The Hall–Kier alpha value is 0.730. The summed E-state index contributed by atoms with van der Waals surface area (Å²) in [6, 6.07) is 0. The van der Waals surface area contributed by atoms with Gasteiger partial charge in [-0.15, -0.1) is 24.0 Å². The van der Waals surface area contributed by atoms with Crippen LogP contribution in [0.1, 0.15) is 149 Å². The zero-order valence-electron chi connectivity index (χ0n) is 17.3. The number of halogens is 1. The highest BCUT2D eigenvalue weighted by Gasteiger charge is 1.95. The summed E-state index contributed by atoms with van der Waals surface area (Å²) in [5.41, 5.74) is 0. The average Bonchev–Trinajstić information content (AvgIpc) is 2.57. The molecule has 0 amide bonds. The van der Waals surface area contributed by atoms with E-state index in [9.17, 15) is 0 Å². The Morgan fingerprint density at radius 1 is 0.250 bits per heavy atom. The third kappa shape index (κ3) is 25.0. The van der Waals surface area contributed by atoms with Crippen LogP contribution < -0.4 is 0 Å². The molecule has 0 atom stereocenters. The van der Waals surface area contributed by atoms with Gasteiger partial charge < -0.3 is 0 Å². The number of unbranched alkanes of at least 4 members (excludes halogenated alkanes) is 20. The van der Waals surface area contributed by atoms with Gasteiger partial charge in [-0.2, -0.15) is 0 Å². The molecule has 0 aliphatic carbocycles. The van der Waals surface area contributed by atoms with Crippen molar-refractivity contribution in [1.82, 2.24) is 0 Å². The summed E-state index contributed by atoms with van der Waals surface area (Å²) in [4.78, 5) is 0. The van der Waals surface area contributed by atoms with Crippen molar-refractivity contribution >= 4 is 24.0 Å². The number of hydrogen-bond acceptors (Lipinski definition) is 0. The Balaban J connectivity index is 0. The minimum Gasteiger partial charge on any atom is -0.107 e. The van der Waals surface area contributed by atoms with Crippen LogP contribution in [0.2, 0.25) is 0 Å². The fourth-order valence-electron chi connectivity index (χ4n) is 3.51. The Morgan fingerprint density at radius 2 is 0.375 bits per heavy atom. The van der Waals surface area contributed by atoms with Crippen molar-refractivity contribution in [3.63, 3.8) is 0 Å². The second-order valence-electron chi connectivity index (χ2n) is 7.72. The van der Waals surface area contributed by atoms with E-state index in [4.69, 9.17) is 0 Å². The normalized spacial score (nSPS) is 10.8. The van der Waals surface area contributed by atoms with E-state index in [-0.39, 0.29) is 24.0 Å². The summed E-state index contributed by atoms with van der Waals surface area (Å²) in [6.45, 7) is 4.60. The first-order valence-electron chi connectivity index (χ1n) is 11.4. The molecule has 24 heavy (non-hydrogen) atoms. The molecule has 0 aliphatic heterocycles. The van der Waals surface area contributed by atoms with Crippen LogP contribution in [0.3, 0.4) is 0 Å². The van der Waals surface area contributed by atoms with Gasteiger partial charge in [0.1, 0.15) is 0 Å². The molecule has 0 radical (unpaired) electrons. The molecule has 0 saturated heterocycles. The fraction of sp³-hybridized carbons (Fsp3) is 1.00. The highest BCUT2D eigenvalue weighted by atomic mass is 127. The molecular weight excluding hydrogens is 403 g/mol. The third-order valence-electron chi connectivity index (χ3n) is 5.21. The Labute approximate surface area is 172 Å². The molecule has 0 unspecified atom stereocenters. The lowest BCUT2D eigenvalue weighted by Crippen LogP contribution is -1.84. The zero-order chi connectivity index (χ0) is 16.8. The lowest BCUT2D eigenvalue weighted by atomic mass is 10.0. The van der Waals surface area contributed by atoms with Crippen LogP contribution in [0.25, 0.3) is 0 Å². The maximum absolute atomic E-state index is 2.30. The van der Waals surface area contributed by atoms with E-state index in [0.29, 0.717) is 0 Å². The van der Waals surface area contributed by atoms with E-state index < -0.39 is 0 Å². The third-order valence-corrected chi connectivity index (χ3v) is 5.21. The minimum absolute atomic E-state index is 0. The van der Waals surface area contributed by atoms with Crippen molar-refractivity contribution in [3.05, 3.63) is 0 Å². The van der Waals surface area contributed by atoms with Gasteiger partial charge in [0.25, 0.3) is 0 Å². The first-order valence-corrected chi connectivity index (χ1v) is 11.4. The van der Waals surface area contributed by atoms with Crippen LogP contribution in [0.15, 0.2) is 0 Å². The molecular formula is C23H49I. The Bertz CT molecular complexity index is 170. The van der Waals surface area contributed by atoms with Crippen LogP contribution in [0.5, 0.6) is 0 Å². The van der Waals surface area contributed by atoms with Gasteiger partial charge >= 0.3 is 0 Å². The Kier molecular flexibility index (Phi) is 29.2. The zero-order valence-corrected chi connectivity index (χ0v) is 19.6. The smallest absolute Gasteiger partial charge is 0.0533 e. The van der Waals surface area contributed by atoms with Crippen molar-refractivity contribution in [1.29, 1.82) is 0 Å². The molecule has 0 fully saturated rings. The van der Waals surface area contributed by atoms with Crippen molar-refractivity contribution in [3.8, 4) is 0 Å². The van der Waals surface area contributed by atoms with E-state index in [2.05, 4.69) is 13.8 Å². The highest BCUT2D eigenvalue weighted by Crippen LogP contribution is 2.14. The standard InChI is InChI=1S/C23H48.HI/c1-3-5-7-9-11-13-15-17-19-21-23-22-20-18-16-14-12-10-8-6-4-2;/h3-23H2,1-2H3;1H. The Morgan fingerprint density at radius 3 is 0.500 bits per heavy atom.